The number of piperazine rings is 1. The largest absolute Gasteiger partial charge is 0.352 e. The number of nitrogens with zero attached hydrogens (tertiary/aromatic N) is 8. The van der Waals surface area contributed by atoms with Crippen molar-refractivity contribution in [2.24, 2.45) is 0 Å². The van der Waals surface area contributed by atoms with Crippen molar-refractivity contribution >= 4 is 28.8 Å². The summed E-state index contributed by atoms with van der Waals surface area (Å²) in [6.07, 6.45) is 10.9. The van der Waals surface area contributed by atoms with Crippen LogP contribution in [0.2, 0.25) is 0 Å². The van der Waals surface area contributed by atoms with Crippen molar-refractivity contribution in [3.8, 4) is 0 Å². The van der Waals surface area contributed by atoms with Crippen LogP contribution in [0, 0.1) is 0 Å². The molecule has 41 heavy (non-hydrogen) atoms. The van der Waals surface area contributed by atoms with Gasteiger partial charge in [0.15, 0.2) is 17.0 Å². The van der Waals surface area contributed by atoms with Gasteiger partial charge in [-0.15, -0.1) is 0 Å². The molecular formula is C31H45N9O. The summed E-state index contributed by atoms with van der Waals surface area (Å²) in [6.45, 7) is 9.07. The lowest BCUT2D eigenvalue weighted by Crippen LogP contribution is -2.50. The summed E-state index contributed by atoms with van der Waals surface area (Å²) in [5.41, 5.74) is 3.39. The second kappa shape index (κ2) is 12.8. The van der Waals surface area contributed by atoms with Crippen LogP contribution in [0.4, 0.5) is 11.8 Å². The quantitative estimate of drug-likeness (QED) is 0.403. The molecule has 0 radical (unpaired) electrons. The van der Waals surface area contributed by atoms with Crippen LogP contribution in [-0.2, 0) is 13.1 Å². The Kier molecular flexibility index (Phi) is 8.78. The molecular weight excluding hydrogens is 514 g/mol. The number of imidazole rings is 1. The number of hydrogen-bond acceptors (Lipinski definition) is 8. The number of rotatable bonds is 10. The summed E-state index contributed by atoms with van der Waals surface area (Å²) in [7, 11) is 4.08. The zero-order chi connectivity index (χ0) is 28.2. The van der Waals surface area contributed by atoms with Crippen LogP contribution < -0.4 is 10.2 Å². The highest BCUT2D eigenvalue weighted by Gasteiger charge is 2.28. The highest BCUT2D eigenvalue weighted by Crippen LogP contribution is 2.29. The van der Waals surface area contributed by atoms with Gasteiger partial charge in [-0.2, -0.15) is 9.97 Å². The first kappa shape index (κ1) is 28.1. The highest BCUT2D eigenvalue weighted by atomic mass is 16.1. The smallest absolute Gasteiger partial charge is 0.258 e. The molecule has 2 aliphatic heterocycles. The average molecular weight is 560 g/mol. The fraction of sp³-hybridized carbons (Fsp3) is 0.613. The molecule has 1 saturated carbocycles. The van der Waals surface area contributed by atoms with Crippen molar-refractivity contribution in [2.75, 3.05) is 70.1 Å². The van der Waals surface area contributed by atoms with Crippen LogP contribution in [-0.4, -0.2) is 106 Å². The fourth-order valence-electron chi connectivity index (χ4n) is 6.71. The number of carbonyl (C=O) groups is 1. The lowest BCUT2D eigenvalue weighted by molar-refractivity contribution is 0.102. The van der Waals surface area contributed by atoms with E-state index in [9.17, 15) is 4.79 Å². The summed E-state index contributed by atoms with van der Waals surface area (Å²) >= 11 is 0. The Morgan fingerprint density at radius 2 is 1.66 bits per heavy atom. The van der Waals surface area contributed by atoms with E-state index in [0.717, 1.165) is 75.3 Å². The van der Waals surface area contributed by atoms with E-state index in [0.29, 0.717) is 11.5 Å². The van der Waals surface area contributed by atoms with Crippen LogP contribution in [0.5, 0.6) is 0 Å². The molecule has 1 amide bonds. The zero-order valence-corrected chi connectivity index (χ0v) is 24.8. The number of aryl methyl sites for hydroxylation is 1. The molecule has 0 spiro atoms. The van der Waals surface area contributed by atoms with E-state index in [1.54, 1.807) is 0 Å². The Balaban J connectivity index is 1.22. The van der Waals surface area contributed by atoms with E-state index < -0.39 is 0 Å². The molecule has 4 heterocycles. The third kappa shape index (κ3) is 6.71. The Morgan fingerprint density at radius 3 is 2.37 bits per heavy atom. The standard InChI is InChI=1S/C31H45N9O/c1-36(2)22-24-10-12-25(13-11-24)30(41)35-31-33-28(39-20-18-38(19-21-39)26-8-3-4-9-26)27-29(34-31)40(23-32-27)17-7-16-37-14-5-6-15-37/h10-13,23,26H,3-9,14-22H2,1-2H3,(H,33,34,35,41). The third-order valence-corrected chi connectivity index (χ3v) is 8.91. The Morgan fingerprint density at radius 1 is 0.927 bits per heavy atom. The van der Waals surface area contributed by atoms with Gasteiger partial charge in [0.2, 0.25) is 5.95 Å². The maximum atomic E-state index is 13.3. The van der Waals surface area contributed by atoms with Gasteiger partial charge in [0.1, 0.15) is 0 Å². The Labute approximate surface area is 243 Å². The zero-order valence-electron chi connectivity index (χ0n) is 24.8. The molecule has 0 bridgehead atoms. The lowest BCUT2D eigenvalue weighted by Gasteiger charge is -2.38. The molecule has 0 unspecified atom stereocenters. The van der Waals surface area contributed by atoms with Crippen molar-refractivity contribution in [3.63, 3.8) is 0 Å². The average Bonchev–Trinajstić information content (AvgIpc) is 3.76. The summed E-state index contributed by atoms with van der Waals surface area (Å²) in [5.74, 6) is 0.975. The topological polar surface area (TPSA) is 85.7 Å². The van der Waals surface area contributed by atoms with Gasteiger partial charge >= 0.3 is 0 Å². The van der Waals surface area contributed by atoms with E-state index in [1.807, 2.05) is 44.7 Å². The summed E-state index contributed by atoms with van der Waals surface area (Å²) in [4.78, 5) is 37.4. The van der Waals surface area contributed by atoms with Crippen LogP contribution >= 0.6 is 0 Å². The number of hydrogen-bond donors (Lipinski definition) is 1. The predicted molar refractivity (Wildman–Crippen MR) is 163 cm³/mol. The second-order valence-corrected chi connectivity index (χ2v) is 12.2. The SMILES string of the molecule is CN(C)Cc1ccc(C(=O)Nc2nc(N3CCN(C4CCCC4)CC3)c3ncn(CCCN4CCCC4)c3n2)cc1. The highest BCUT2D eigenvalue weighted by molar-refractivity contribution is 6.04. The van der Waals surface area contributed by atoms with E-state index in [1.165, 1.54) is 57.2 Å². The fourth-order valence-corrected chi connectivity index (χ4v) is 6.71. The number of aromatic nitrogens is 4. The number of fused-ring (bicyclic) bond motifs is 1. The van der Waals surface area contributed by atoms with Gasteiger partial charge in [0.25, 0.3) is 5.91 Å². The Hall–Kier alpha value is -3.08. The number of likely N-dealkylation sites (tertiary alicyclic amines) is 1. The van der Waals surface area contributed by atoms with E-state index in [-0.39, 0.29) is 5.91 Å². The summed E-state index contributed by atoms with van der Waals surface area (Å²) < 4.78 is 2.14. The molecule has 1 aliphatic carbocycles. The van der Waals surface area contributed by atoms with Gasteiger partial charge in [-0.1, -0.05) is 25.0 Å². The van der Waals surface area contributed by atoms with Crippen molar-refractivity contribution in [2.45, 2.75) is 64.1 Å². The first-order valence-corrected chi connectivity index (χ1v) is 15.5. The van der Waals surface area contributed by atoms with Crippen molar-refractivity contribution in [3.05, 3.63) is 41.7 Å². The maximum Gasteiger partial charge on any atom is 0.258 e. The first-order chi connectivity index (χ1) is 20.0. The number of amides is 1. The van der Waals surface area contributed by atoms with Crippen LogP contribution in [0.15, 0.2) is 30.6 Å². The van der Waals surface area contributed by atoms with Crippen LogP contribution in [0.25, 0.3) is 11.2 Å². The molecule has 6 rings (SSSR count). The summed E-state index contributed by atoms with van der Waals surface area (Å²) in [6, 6.07) is 8.49. The molecule has 1 N–H and O–H groups in total. The second-order valence-electron chi connectivity index (χ2n) is 12.2. The third-order valence-electron chi connectivity index (χ3n) is 8.91. The molecule has 1 aromatic carbocycles. The molecule has 3 fully saturated rings. The minimum Gasteiger partial charge on any atom is -0.352 e. The van der Waals surface area contributed by atoms with E-state index in [4.69, 9.17) is 15.0 Å². The van der Waals surface area contributed by atoms with E-state index >= 15 is 0 Å². The number of anilines is 2. The summed E-state index contributed by atoms with van der Waals surface area (Å²) in [5, 5.41) is 3.00. The lowest BCUT2D eigenvalue weighted by atomic mass is 10.1. The van der Waals surface area contributed by atoms with Crippen molar-refractivity contribution in [1.82, 2.24) is 34.2 Å². The monoisotopic (exact) mass is 559 g/mol. The van der Waals surface area contributed by atoms with Gasteiger partial charge in [-0.25, -0.2) is 4.98 Å². The van der Waals surface area contributed by atoms with Crippen molar-refractivity contribution in [1.29, 1.82) is 0 Å². The van der Waals surface area contributed by atoms with Gasteiger partial charge in [0, 0.05) is 50.9 Å². The molecule has 3 aromatic rings. The maximum absolute atomic E-state index is 13.3. The predicted octanol–water partition coefficient (Wildman–Crippen LogP) is 3.69. The molecule has 3 aliphatic rings. The van der Waals surface area contributed by atoms with Crippen LogP contribution in [0.3, 0.4) is 0 Å². The minimum absolute atomic E-state index is 0.196. The van der Waals surface area contributed by atoms with Gasteiger partial charge in [0.05, 0.1) is 6.33 Å². The number of benzene rings is 1. The minimum atomic E-state index is -0.196. The van der Waals surface area contributed by atoms with Crippen molar-refractivity contribution < 1.29 is 4.79 Å². The Bertz CT molecular complexity index is 1300. The van der Waals surface area contributed by atoms with Gasteiger partial charge in [-0.05, 0) is 83.5 Å². The molecule has 2 aromatic heterocycles. The first-order valence-electron chi connectivity index (χ1n) is 15.5. The molecule has 10 nitrogen and oxygen atoms in total. The molecule has 10 heteroatoms. The number of carbonyl (C=O) groups excluding carboxylic acids is 1. The molecule has 2 saturated heterocycles. The van der Waals surface area contributed by atoms with Gasteiger partial charge < -0.3 is 19.3 Å². The van der Waals surface area contributed by atoms with E-state index in [2.05, 4.69) is 29.5 Å². The van der Waals surface area contributed by atoms with Gasteiger partial charge in [-0.3, -0.25) is 15.0 Å². The normalized spacial score (nSPS) is 19.1. The molecule has 220 valence electrons. The number of nitrogens with one attached hydrogen (secondary N) is 1. The van der Waals surface area contributed by atoms with Crippen LogP contribution in [0.1, 0.15) is 60.9 Å². The molecule has 0 atom stereocenters.